The van der Waals surface area contributed by atoms with Gasteiger partial charge < -0.3 is 0 Å². The SMILES string of the molecule is C1=CCC=C1.C1=CCN=C1.C1=CN=CC1.c1ccncc1.c1ccnnc1.c1cnccn1.c1cncnc1.c1cnncn1.c1ncncn1.c1nncnn1. The second kappa shape index (κ2) is 43.8. The van der Waals surface area contributed by atoms with Crippen molar-refractivity contribution in [2.24, 2.45) is 9.98 Å². The van der Waals surface area contributed by atoms with Crippen molar-refractivity contribution in [3.8, 4) is 0 Å². The van der Waals surface area contributed by atoms with Gasteiger partial charge >= 0.3 is 0 Å². The number of hydrogen-bond acceptors (Lipinski definition) is 19. The molecule has 288 valence electrons. The van der Waals surface area contributed by atoms with E-state index < -0.39 is 0 Å². The van der Waals surface area contributed by atoms with E-state index in [2.05, 4.69) is 120 Å². The summed E-state index contributed by atoms with van der Waals surface area (Å²) < 4.78 is 0. The largest absolute Gasteiger partial charge is 0.289 e. The van der Waals surface area contributed by atoms with Crippen LogP contribution in [0.3, 0.4) is 0 Å². The van der Waals surface area contributed by atoms with Crippen LogP contribution in [0.5, 0.6) is 0 Å². The van der Waals surface area contributed by atoms with Crippen molar-refractivity contribution < 1.29 is 0 Å². The van der Waals surface area contributed by atoms with Crippen LogP contribution < -0.4 is 0 Å². The van der Waals surface area contributed by atoms with Crippen LogP contribution in [0.4, 0.5) is 0 Å². The topological polar surface area (TPSA) is 244 Å². The Morgan fingerprint density at radius 3 is 0.965 bits per heavy atom. The Balaban J connectivity index is 0.000000317. The van der Waals surface area contributed by atoms with Crippen molar-refractivity contribution in [2.45, 2.75) is 12.8 Å². The third-order valence-corrected chi connectivity index (χ3v) is 4.88. The third kappa shape index (κ3) is 42.0. The number of nitrogens with zero attached hydrogens (tertiary/aromatic N) is 19. The molecule has 19 heteroatoms. The smallest absolute Gasteiger partial charge is 0.160 e. The predicted octanol–water partition coefficient (Wildman–Crippen LogP) is 4.63. The second-order valence-electron chi connectivity index (χ2n) is 9.00. The van der Waals surface area contributed by atoms with Gasteiger partial charge in [0.1, 0.15) is 31.6 Å². The lowest BCUT2D eigenvalue weighted by molar-refractivity contribution is 0.853. The van der Waals surface area contributed by atoms with E-state index in [1.54, 1.807) is 86.6 Å². The summed E-state index contributed by atoms with van der Waals surface area (Å²) in [4.78, 5) is 40.5. The van der Waals surface area contributed by atoms with Crippen LogP contribution >= 0.6 is 0 Å². The summed E-state index contributed by atoms with van der Waals surface area (Å²) in [6.45, 7) is 0.889. The number of hydrogen-bond donors (Lipinski definition) is 0. The van der Waals surface area contributed by atoms with Gasteiger partial charge in [-0.3, -0.25) is 24.9 Å². The molecule has 0 radical (unpaired) electrons. The summed E-state index contributed by atoms with van der Waals surface area (Å²) in [5.41, 5.74) is 0. The summed E-state index contributed by atoms with van der Waals surface area (Å²) in [6, 6.07) is 11.1. The summed E-state index contributed by atoms with van der Waals surface area (Å²) in [6.07, 6.45) is 51.6. The highest BCUT2D eigenvalue weighted by atomic mass is 15.2. The van der Waals surface area contributed by atoms with Crippen LogP contribution in [-0.2, 0) is 0 Å². The van der Waals surface area contributed by atoms with Crippen LogP contribution in [-0.4, -0.2) is 105 Å². The Hall–Kier alpha value is -8.35. The molecule has 10 rings (SSSR count). The number of pyridine rings is 1. The average molecular weight is 764 g/mol. The molecule has 0 N–H and O–H groups in total. The quantitative estimate of drug-likeness (QED) is 0.204. The Kier molecular flexibility index (Phi) is 35.9. The summed E-state index contributed by atoms with van der Waals surface area (Å²) >= 11 is 0. The monoisotopic (exact) mass is 763 g/mol. The highest BCUT2D eigenvalue weighted by Gasteiger charge is 1.74. The molecule has 7 aromatic rings. The van der Waals surface area contributed by atoms with Gasteiger partial charge in [0.2, 0.25) is 0 Å². The van der Waals surface area contributed by atoms with Crippen molar-refractivity contribution in [3.05, 3.63) is 204 Å². The molecule has 3 aliphatic rings. The first kappa shape index (κ1) is 46.7. The Bertz CT molecular complexity index is 1320. The molecule has 7 aromatic heterocycles. The standard InChI is InChI=1S/C5H5N.C5H6.3C4H4N2.2C4H5N.2C3H3N3.C2H2N4/c1-2-4-6-5-3-1;1-2-4-5-3-1;1-2-6-4-3-5-1;1-2-5-4-6-3-1;1-2-4-6-5-3-1;2*1-2-4-5-3-1;1-4-2-6-3-5-1;1-2-5-6-3-4-1;1-3-5-2-6-4-1/h1-5H;1-4H,5H2;3*1-4H;1,3-4H,2H2;1-3H,4H2;2*1-3H;1-2H. The molecule has 2 aliphatic heterocycles. The second-order valence-corrected chi connectivity index (χ2v) is 9.00. The highest BCUT2D eigenvalue weighted by Crippen LogP contribution is 1.93. The fourth-order valence-corrected chi connectivity index (χ4v) is 2.65. The van der Waals surface area contributed by atoms with E-state index in [-0.39, 0.29) is 0 Å². The number of rotatable bonds is 0. The van der Waals surface area contributed by atoms with Crippen molar-refractivity contribution in [1.82, 2.24) is 85.6 Å². The molecule has 0 atom stereocenters. The van der Waals surface area contributed by atoms with E-state index in [0.29, 0.717) is 0 Å². The van der Waals surface area contributed by atoms with Crippen LogP contribution in [0, 0.1) is 0 Å². The summed E-state index contributed by atoms with van der Waals surface area (Å²) in [5.74, 6) is 0. The fraction of sp³-hybridized carbons (Fsp3) is 0.0789. The van der Waals surface area contributed by atoms with E-state index in [0.717, 1.165) is 19.4 Å². The molecule has 0 amide bonds. The van der Waals surface area contributed by atoms with Gasteiger partial charge in [0.25, 0.3) is 0 Å². The van der Waals surface area contributed by atoms with Gasteiger partial charge in [-0.2, -0.15) is 15.3 Å². The zero-order valence-electron chi connectivity index (χ0n) is 30.8. The Morgan fingerprint density at radius 1 is 0.298 bits per heavy atom. The van der Waals surface area contributed by atoms with Crippen molar-refractivity contribution in [2.75, 3.05) is 6.54 Å². The molecular weight excluding hydrogens is 723 g/mol. The zero-order chi connectivity index (χ0) is 40.3. The molecule has 9 heterocycles. The van der Waals surface area contributed by atoms with Crippen LogP contribution in [0.25, 0.3) is 0 Å². The van der Waals surface area contributed by atoms with E-state index >= 15 is 0 Å². The maximum Gasteiger partial charge on any atom is 0.160 e. The maximum atomic E-state index is 3.85. The molecular formula is C38H41N19. The molecule has 0 spiro atoms. The van der Waals surface area contributed by atoms with Crippen molar-refractivity contribution >= 4 is 12.4 Å². The van der Waals surface area contributed by atoms with Crippen LogP contribution in [0.1, 0.15) is 12.8 Å². The molecule has 0 saturated heterocycles. The van der Waals surface area contributed by atoms with Gasteiger partial charge in [-0.25, -0.2) is 29.9 Å². The zero-order valence-corrected chi connectivity index (χ0v) is 30.8. The number of aliphatic imine (C=N–C) groups is 2. The maximum absolute atomic E-state index is 3.85. The average Bonchev–Trinajstić information content (AvgIpc) is 4.21. The van der Waals surface area contributed by atoms with Crippen LogP contribution in [0.15, 0.2) is 214 Å². The van der Waals surface area contributed by atoms with Gasteiger partial charge in [-0.1, -0.05) is 42.5 Å². The van der Waals surface area contributed by atoms with Gasteiger partial charge in [-0.05, 0) is 42.8 Å². The predicted molar refractivity (Wildman–Crippen MR) is 215 cm³/mol. The van der Waals surface area contributed by atoms with Crippen molar-refractivity contribution in [3.63, 3.8) is 0 Å². The van der Waals surface area contributed by atoms with Gasteiger partial charge in [0.05, 0.1) is 12.7 Å². The molecule has 0 aromatic carbocycles. The minimum absolute atomic E-state index is 0.889. The van der Waals surface area contributed by atoms with E-state index in [9.17, 15) is 0 Å². The molecule has 1 aliphatic carbocycles. The minimum atomic E-state index is 0.889. The lowest BCUT2D eigenvalue weighted by Crippen LogP contribution is -1.81. The lowest BCUT2D eigenvalue weighted by atomic mass is 10.5. The fourth-order valence-electron chi connectivity index (χ4n) is 2.65. The first-order chi connectivity index (χ1) is 28.5. The summed E-state index contributed by atoms with van der Waals surface area (Å²) in [7, 11) is 0. The summed E-state index contributed by atoms with van der Waals surface area (Å²) in [5, 5.41) is 27.4. The lowest BCUT2D eigenvalue weighted by Gasteiger charge is -1.70. The highest BCUT2D eigenvalue weighted by molar-refractivity contribution is 5.73. The third-order valence-electron chi connectivity index (χ3n) is 4.88. The van der Waals surface area contributed by atoms with E-state index in [1.807, 2.05) is 54.8 Å². The van der Waals surface area contributed by atoms with Gasteiger partial charge in [0.15, 0.2) is 12.7 Å². The first-order valence-electron chi connectivity index (χ1n) is 16.6. The first-order valence-corrected chi connectivity index (χ1v) is 16.6. The van der Waals surface area contributed by atoms with E-state index in [1.165, 1.54) is 50.5 Å². The number of allylic oxidation sites excluding steroid dienone is 6. The molecule has 0 bridgehead atoms. The normalized spacial score (nSPS) is 10.5. The molecule has 57 heavy (non-hydrogen) atoms. The molecule has 0 unspecified atom stereocenters. The number of aromatic nitrogens is 17. The molecule has 19 nitrogen and oxygen atoms in total. The van der Waals surface area contributed by atoms with E-state index in [4.69, 9.17) is 0 Å². The van der Waals surface area contributed by atoms with Crippen molar-refractivity contribution in [1.29, 1.82) is 0 Å². The molecule has 0 fully saturated rings. The van der Waals surface area contributed by atoms with Gasteiger partial charge in [0, 0.05) is 93.2 Å². The van der Waals surface area contributed by atoms with Crippen LogP contribution in [0.2, 0.25) is 0 Å². The molecule has 0 saturated carbocycles. The Morgan fingerprint density at radius 2 is 0.789 bits per heavy atom. The minimum Gasteiger partial charge on any atom is -0.289 e. The van der Waals surface area contributed by atoms with Gasteiger partial charge in [-0.15, -0.1) is 25.5 Å². The Labute approximate surface area is 330 Å².